The summed E-state index contributed by atoms with van der Waals surface area (Å²) in [7, 11) is 0. The van der Waals surface area contributed by atoms with Gasteiger partial charge in [0.25, 0.3) is 5.91 Å². The fourth-order valence-electron chi connectivity index (χ4n) is 3.61. The fraction of sp³-hybridized carbons (Fsp3) is 0.300. The first-order valence-corrected chi connectivity index (χ1v) is 8.60. The lowest BCUT2D eigenvalue weighted by molar-refractivity contribution is 0.0514. The van der Waals surface area contributed by atoms with Gasteiger partial charge in [0.05, 0.1) is 22.9 Å². The molecule has 1 aliphatic rings. The summed E-state index contributed by atoms with van der Waals surface area (Å²) in [5.74, 6) is 0.0780. The average molecular weight is 334 g/mol. The molecule has 5 nitrogen and oxygen atoms in total. The normalized spacial score (nSPS) is 17.0. The van der Waals surface area contributed by atoms with E-state index in [-0.39, 0.29) is 11.4 Å². The number of aromatic amines is 1. The lowest BCUT2D eigenvalue weighted by atomic mass is 9.96. The molecule has 0 atom stereocenters. The second-order valence-corrected chi connectivity index (χ2v) is 7.16. The topological polar surface area (TPSA) is 52.2 Å². The minimum Gasteiger partial charge on any atom is -0.367 e. The standard InChI is InChI=1S/C20H22N4O/c1-20(2)13-23(16-6-4-3-5-7-16)10-11-24(20)19(25)15-8-9-17-18(12-15)22-14-21-17/h3-9,12,14H,10-11,13H2,1-2H3,(H,21,22). The molecule has 1 saturated heterocycles. The number of anilines is 1. The van der Waals surface area contributed by atoms with E-state index in [0.717, 1.165) is 24.1 Å². The molecule has 1 fully saturated rings. The van der Waals surface area contributed by atoms with Crippen molar-refractivity contribution >= 4 is 22.6 Å². The van der Waals surface area contributed by atoms with Crippen LogP contribution >= 0.6 is 0 Å². The van der Waals surface area contributed by atoms with E-state index in [1.807, 2.05) is 29.2 Å². The maximum Gasteiger partial charge on any atom is 0.254 e. The number of amides is 1. The zero-order chi connectivity index (χ0) is 17.4. The molecule has 0 bridgehead atoms. The van der Waals surface area contributed by atoms with Crippen molar-refractivity contribution in [3.05, 3.63) is 60.4 Å². The minimum absolute atomic E-state index is 0.0780. The Morgan fingerprint density at radius 1 is 1.12 bits per heavy atom. The van der Waals surface area contributed by atoms with Gasteiger partial charge in [-0.1, -0.05) is 18.2 Å². The maximum atomic E-state index is 13.1. The first-order valence-electron chi connectivity index (χ1n) is 8.60. The molecule has 1 aliphatic heterocycles. The molecule has 0 aliphatic carbocycles. The molecule has 1 aromatic heterocycles. The summed E-state index contributed by atoms with van der Waals surface area (Å²) in [6.07, 6.45) is 1.65. The van der Waals surface area contributed by atoms with Gasteiger partial charge in [-0.05, 0) is 44.2 Å². The molecule has 5 heteroatoms. The van der Waals surface area contributed by atoms with E-state index in [0.29, 0.717) is 12.1 Å². The number of fused-ring (bicyclic) bond motifs is 1. The summed E-state index contributed by atoms with van der Waals surface area (Å²) >= 11 is 0. The maximum absolute atomic E-state index is 13.1. The van der Waals surface area contributed by atoms with Crippen LogP contribution in [-0.2, 0) is 0 Å². The summed E-state index contributed by atoms with van der Waals surface area (Å²) in [6, 6.07) is 16.0. The molecule has 3 aromatic rings. The van der Waals surface area contributed by atoms with E-state index in [1.54, 1.807) is 6.33 Å². The molecule has 128 valence electrons. The van der Waals surface area contributed by atoms with Crippen molar-refractivity contribution in [2.75, 3.05) is 24.5 Å². The van der Waals surface area contributed by atoms with E-state index in [2.05, 4.69) is 53.0 Å². The minimum atomic E-state index is -0.242. The highest BCUT2D eigenvalue weighted by Gasteiger charge is 2.37. The van der Waals surface area contributed by atoms with Gasteiger partial charge in [0.15, 0.2) is 0 Å². The zero-order valence-electron chi connectivity index (χ0n) is 14.6. The van der Waals surface area contributed by atoms with Crippen molar-refractivity contribution in [1.29, 1.82) is 0 Å². The number of rotatable bonds is 2. The van der Waals surface area contributed by atoms with E-state index >= 15 is 0 Å². The van der Waals surface area contributed by atoms with Gasteiger partial charge in [-0.2, -0.15) is 0 Å². The molecule has 1 amide bonds. The summed E-state index contributed by atoms with van der Waals surface area (Å²) < 4.78 is 0. The predicted molar refractivity (Wildman–Crippen MR) is 99.9 cm³/mol. The highest BCUT2D eigenvalue weighted by Crippen LogP contribution is 2.27. The number of hydrogen-bond donors (Lipinski definition) is 1. The third-order valence-electron chi connectivity index (χ3n) is 4.94. The molecule has 0 saturated carbocycles. The molecule has 2 heterocycles. The average Bonchev–Trinajstić information content (AvgIpc) is 3.09. The quantitative estimate of drug-likeness (QED) is 0.782. The van der Waals surface area contributed by atoms with Gasteiger partial charge in [-0.15, -0.1) is 0 Å². The Morgan fingerprint density at radius 3 is 2.68 bits per heavy atom. The Kier molecular flexibility index (Phi) is 3.71. The lowest BCUT2D eigenvalue weighted by Gasteiger charge is -2.48. The van der Waals surface area contributed by atoms with Gasteiger partial charge >= 0.3 is 0 Å². The van der Waals surface area contributed by atoms with Crippen LogP contribution in [0.5, 0.6) is 0 Å². The number of nitrogens with one attached hydrogen (secondary N) is 1. The van der Waals surface area contributed by atoms with Crippen LogP contribution in [0, 0.1) is 0 Å². The van der Waals surface area contributed by atoms with Crippen molar-refractivity contribution in [3.63, 3.8) is 0 Å². The Bertz CT molecular complexity index is 900. The summed E-state index contributed by atoms with van der Waals surface area (Å²) in [5.41, 5.74) is 3.45. The van der Waals surface area contributed by atoms with Gasteiger partial charge < -0.3 is 14.8 Å². The number of benzene rings is 2. The van der Waals surface area contributed by atoms with Crippen LogP contribution in [0.3, 0.4) is 0 Å². The number of para-hydroxylation sites is 1. The molecule has 25 heavy (non-hydrogen) atoms. The third kappa shape index (κ3) is 2.86. The largest absolute Gasteiger partial charge is 0.367 e. The number of hydrogen-bond acceptors (Lipinski definition) is 3. The second-order valence-electron chi connectivity index (χ2n) is 7.16. The summed E-state index contributed by atoms with van der Waals surface area (Å²) in [5, 5.41) is 0. The molecular weight excluding hydrogens is 312 g/mol. The van der Waals surface area contributed by atoms with Crippen LogP contribution < -0.4 is 4.90 Å². The van der Waals surface area contributed by atoms with E-state index in [4.69, 9.17) is 0 Å². The molecule has 2 aromatic carbocycles. The Hall–Kier alpha value is -2.82. The number of piperazine rings is 1. The molecule has 4 rings (SSSR count). The van der Waals surface area contributed by atoms with Crippen LogP contribution in [0.25, 0.3) is 11.0 Å². The van der Waals surface area contributed by atoms with E-state index in [1.165, 1.54) is 5.69 Å². The van der Waals surface area contributed by atoms with Crippen LogP contribution in [-0.4, -0.2) is 45.9 Å². The van der Waals surface area contributed by atoms with Gasteiger partial charge in [-0.3, -0.25) is 4.79 Å². The van der Waals surface area contributed by atoms with Crippen LogP contribution in [0.4, 0.5) is 5.69 Å². The molecule has 0 radical (unpaired) electrons. The number of imidazole rings is 1. The van der Waals surface area contributed by atoms with Crippen molar-refractivity contribution in [1.82, 2.24) is 14.9 Å². The highest BCUT2D eigenvalue weighted by atomic mass is 16.2. The van der Waals surface area contributed by atoms with E-state index in [9.17, 15) is 4.79 Å². The first kappa shape index (κ1) is 15.7. The van der Waals surface area contributed by atoms with Crippen molar-refractivity contribution in [2.24, 2.45) is 0 Å². The fourth-order valence-corrected chi connectivity index (χ4v) is 3.61. The molecule has 0 spiro atoms. The third-order valence-corrected chi connectivity index (χ3v) is 4.94. The summed E-state index contributed by atoms with van der Waals surface area (Å²) in [4.78, 5) is 24.7. The molecule has 0 unspecified atom stereocenters. The lowest BCUT2D eigenvalue weighted by Crippen LogP contribution is -2.61. The van der Waals surface area contributed by atoms with Crippen molar-refractivity contribution in [3.8, 4) is 0 Å². The second kappa shape index (κ2) is 5.92. The number of carbonyl (C=O) groups is 1. The number of nitrogens with zero attached hydrogens (tertiary/aromatic N) is 3. The van der Waals surface area contributed by atoms with Gasteiger partial charge in [0.1, 0.15) is 0 Å². The predicted octanol–water partition coefficient (Wildman–Crippen LogP) is 3.30. The van der Waals surface area contributed by atoms with Crippen molar-refractivity contribution in [2.45, 2.75) is 19.4 Å². The van der Waals surface area contributed by atoms with E-state index < -0.39 is 0 Å². The SMILES string of the molecule is CC1(C)CN(c2ccccc2)CCN1C(=O)c1ccc2nc[nH]c2c1. The number of H-pyrrole nitrogens is 1. The van der Waals surface area contributed by atoms with Crippen LogP contribution in [0.1, 0.15) is 24.2 Å². The highest BCUT2D eigenvalue weighted by molar-refractivity contribution is 5.97. The first-order chi connectivity index (χ1) is 12.0. The number of aromatic nitrogens is 2. The Morgan fingerprint density at radius 2 is 1.92 bits per heavy atom. The van der Waals surface area contributed by atoms with Gasteiger partial charge in [0, 0.05) is 30.9 Å². The van der Waals surface area contributed by atoms with Crippen molar-refractivity contribution < 1.29 is 4.79 Å². The van der Waals surface area contributed by atoms with Crippen LogP contribution in [0.15, 0.2) is 54.9 Å². The van der Waals surface area contributed by atoms with Crippen LogP contribution in [0.2, 0.25) is 0 Å². The smallest absolute Gasteiger partial charge is 0.254 e. The molecular formula is C20H22N4O. The number of carbonyl (C=O) groups excluding carboxylic acids is 1. The van der Waals surface area contributed by atoms with Gasteiger partial charge in [0.2, 0.25) is 0 Å². The molecule has 1 N–H and O–H groups in total. The summed E-state index contributed by atoms with van der Waals surface area (Å²) in [6.45, 7) is 6.63. The zero-order valence-corrected chi connectivity index (χ0v) is 14.6. The Labute approximate surface area is 147 Å². The van der Waals surface area contributed by atoms with Gasteiger partial charge in [-0.25, -0.2) is 4.98 Å². The Balaban J connectivity index is 1.57. The monoisotopic (exact) mass is 334 g/mol.